The van der Waals surface area contributed by atoms with Crippen LogP contribution in [0.3, 0.4) is 0 Å². The van der Waals surface area contributed by atoms with Gasteiger partial charge in [0, 0.05) is 62.3 Å². The zero-order chi connectivity index (χ0) is 25.6. The number of aliphatic hydroxyl groups excluding tert-OH is 1. The molecule has 2 N–H and O–H groups in total. The lowest BCUT2D eigenvalue weighted by Gasteiger charge is -2.45. The van der Waals surface area contributed by atoms with Gasteiger partial charge >= 0.3 is 0 Å². The van der Waals surface area contributed by atoms with Crippen LogP contribution in [0.25, 0.3) is 5.76 Å². The first-order valence-corrected chi connectivity index (χ1v) is 12.8. The lowest BCUT2D eigenvalue weighted by atomic mass is 9.67. The first-order valence-electron chi connectivity index (χ1n) is 11.7. The van der Waals surface area contributed by atoms with Crippen LogP contribution in [0, 0.1) is 10.8 Å². The molecule has 5 rings (SSSR count). The monoisotopic (exact) mass is 561 g/mol. The molecule has 0 spiro atoms. The van der Waals surface area contributed by atoms with Gasteiger partial charge in [-0.3, -0.25) is 20.1 Å². The average molecular weight is 563 g/mol. The number of Topliss-reactive ketones (excluding diaryl/α,β-unsaturated/α-hetero) is 1. The van der Waals surface area contributed by atoms with E-state index in [2.05, 4.69) is 34.8 Å². The van der Waals surface area contributed by atoms with Gasteiger partial charge in [-0.2, -0.15) is 0 Å². The summed E-state index contributed by atoms with van der Waals surface area (Å²) in [6.07, 6.45) is 4.39. The molecular weight excluding hydrogens is 538 g/mol. The molecule has 0 radical (unpaired) electrons. The van der Waals surface area contributed by atoms with E-state index in [0.717, 1.165) is 21.4 Å². The number of anilines is 1. The summed E-state index contributed by atoms with van der Waals surface area (Å²) < 4.78 is 0.859. The smallest absolute Gasteiger partial charge is 0.162 e. The first kappa shape index (κ1) is 24.5. The molecule has 0 fully saturated rings. The number of halogens is 2. The maximum absolute atomic E-state index is 13.8. The zero-order valence-electron chi connectivity index (χ0n) is 19.9. The number of hydrogen-bond donors (Lipinski definition) is 2. The van der Waals surface area contributed by atoms with E-state index >= 15 is 0 Å². The topological polar surface area (TPSA) is 77.3 Å². The highest BCUT2D eigenvalue weighted by Crippen LogP contribution is 2.51. The number of pyridine rings is 1. The lowest BCUT2D eigenvalue weighted by molar-refractivity contribution is -0.118. The van der Waals surface area contributed by atoms with E-state index in [1.165, 1.54) is 0 Å². The number of allylic oxidation sites excluding steroid dienone is 2. The van der Waals surface area contributed by atoms with E-state index in [1.807, 2.05) is 41.3 Å². The maximum Gasteiger partial charge on any atom is 0.162 e. The standard InChI is InChI=1S/C29H25BrClN3O2/c1-29(2)14-22-25(23(35)15-29)24(18-5-4-12-33-16-18)26(27(36)17-8-10-20(31)11-9-17)28(32)34(22)21-7-3-6-19(30)13-21/h3-13,16,24,32,36H,14-15H2,1-2H3/b27-26+,32-28?. The highest BCUT2D eigenvalue weighted by molar-refractivity contribution is 9.10. The van der Waals surface area contributed by atoms with Crippen molar-refractivity contribution in [3.63, 3.8) is 0 Å². The van der Waals surface area contributed by atoms with Crippen LogP contribution in [-0.4, -0.2) is 21.7 Å². The molecule has 1 aliphatic carbocycles. The molecule has 1 unspecified atom stereocenters. The third-order valence-corrected chi connectivity index (χ3v) is 7.42. The molecule has 3 aromatic rings. The molecule has 2 aliphatic rings. The predicted molar refractivity (Wildman–Crippen MR) is 147 cm³/mol. The summed E-state index contributed by atoms with van der Waals surface area (Å²) in [4.78, 5) is 19.9. The number of rotatable bonds is 3. The number of amidine groups is 1. The Balaban J connectivity index is 1.85. The van der Waals surface area contributed by atoms with Crippen molar-refractivity contribution < 1.29 is 9.90 Å². The van der Waals surface area contributed by atoms with E-state index in [1.54, 1.807) is 36.7 Å². The van der Waals surface area contributed by atoms with Crippen molar-refractivity contribution >= 4 is 50.6 Å². The van der Waals surface area contributed by atoms with Crippen molar-refractivity contribution in [2.75, 3.05) is 4.90 Å². The highest BCUT2D eigenvalue weighted by Gasteiger charge is 2.46. The average Bonchev–Trinajstić information content (AvgIpc) is 2.83. The number of aliphatic hydroxyl groups is 1. The van der Waals surface area contributed by atoms with Gasteiger partial charge in [-0.15, -0.1) is 0 Å². The second-order valence-electron chi connectivity index (χ2n) is 9.95. The summed E-state index contributed by atoms with van der Waals surface area (Å²) in [5, 5.41) is 21.6. The fourth-order valence-electron chi connectivity index (χ4n) is 5.16. The molecule has 1 aromatic heterocycles. The summed E-state index contributed by atoms with van der Waals surface area (Å²) in [5.41, 5.74) is 3.52. The van der Waals surface area contributed by atoms with Crippen LogP contribution in [0.5, 0.6) is 0 Å². The lowest BCUT2D eigenvalue weighted by Crippen LogP contribution is -2.45. The minimum absolute atomic E-state index is 0.0176. The van der Waals surface area contributed by atoms with Crippen LogP contribution in [0.1, 0.15) is 43.7 Å². The Kier molecular flexibility index (Phi) is 6.35. The second-order valence-corrected chi connectivity index (χ2v) is 11.3. The first-order chi connectivity index (χ1) is 17.2. The Bertz CT molecular complexity index is 1430. The summed E-state index contributed by atoms with van der Waals surface area (Å²) >= 11 is 9.64. The van der Waals surface area contributed by atoms with Crippen molar-refractivity contribution in [2.24, 2.45) is 5.41 Å². The van der Waals surface area contributed by atoms with E-state index in [-0.39, 0.29) is 22.8 Å². The van der Waals surface area contributed by atoms with Gasteiger partial charge in [-0.1, -0.05) is 53.5 Å². The predicted octanol–water partition coefficient (Wildman–Crippen LogP) is 7.69. The number of carbonyl (C=O) groups is 1. The number of ketones is 1. The van der Waals surface area contributed by atoms with Crippen molar-refractivity contribution in [2.45, 2.75) is 32.6 Å². The van der Waals surface area contributed by atoms with Crippen LogP contribution in [0.4, 0.5) is 5.69 Å². The minimum Gasteiger partial charge on any atom is -0.507 e. The van der Waals surface area contributed by atoms with E-state index in [0.29, 0.717) is 34.6 Å². The number of hydrogen-bond acceptors (Lipinski definition) is 4. The van der Waals surface area contributed by atoms with Gasteiger partial charge in [-0.05, 0) is 65.9 Å². The van der Waals surface area contributed by atoms with E-state index in [9.17, 15) is 15.3 Å². The highest BCUT2D eigenvalue weighted by atomic mass is 79.9. The minimum atomic E-state index is -0.621. The molecule has 2 aromatic carbocycles. The van der Waals surface area contributed by atoms with Gasteiger partial charge in [0.2, 0.25) is 0 Å². The number of nitrogens with zero attached hydrogens (tertiary/aromatic N) is 2. The summed E-state index contributed by atoms with van der Waals surface area (Å²) in [6.45, 7) is 4.15. The van der Waals surface area contributed by atoms with E-state index < -0.39 is 5.92 Å². The Morgan fingerprint density at radius 3 is 2.56 bits per heavy atom. The molecule has 182 valence electrons. The number of nitrogens with one attached hydrogen (secondary N) is 1. The van der Waals surface area contributed by atoms with Crippen LogP contribution >= 0.6 is 27.5 Å². The largest absolute Gasteiger partial charge is 0.507 e. The molecule has 2 heterocycles. The van der Waals surface area contributed by atoms with Crippen molar-refractivity contribution in [3.05, 3.63) is 111 Å². The van der Waals surface area contributed by atoms with Gasteiger partial charge in [0.15, 0.2) is 5.78 Å². The second kappa shape index (κ2) is 9.34. The molecule has 0 saturated carbocycles. The third kappa shape index (κ3) is 4.40. The normalized spacial score (nSPS) is 20.9. The Morgan fingerprint density at radius 1 is 1.14 bits per heavy atom. The third-order valence-electron chi connectivity index (χ3n) is 6.68. The summed E-state index contributed by atoms with van der Waals surface area (Å²) in [7, 11) is 0. The van der Waals surface area contributed by atoms with Crippen LogP contribution in [-0.2, 0) is 4.79 Å². The van der Waals surface area contributed by atoms with Gasteiger partial charge < -0.3 is 5.11 Å². The maximum atomic E-state index is 13.8. The molecule has 0 saturated heterocycles. The van der Waals surface area contributed by atoms with Crippen molar-refractivity contribution in [3.8, 4) is 0 Å². The fraction of sp³-hybridized carbons (Fsp3) is 0.207. The number of benzene rings is 2. The van der Waals surface area contributed by atoms with Gasteiger partial charge in [0.05, 0.1) is 0 Å². The fourth-order valence-corrected chi connectivity index (χ4v) is 5.67. The van der Waals surface area contributed by atoms with Gasteiger partial charge in [0.1, 0.15) is 11.6 Å². The SMILES string of the molecule is CC1(C)CC(=O)C2=C(C1)N(c1cccc(Br)c1)C(=N)/C(=C(/O)c1ccc(Cl)cc1)C2c1cccnc1. The molecular formula is C29H25BrClN3O2. The van der Waals surface area contributed by atoms with Gasteiger partial charge in [-0.25, -0.2) is 0 Å². The summed E-state index contributed by atoms with van der Waals surface area (Å²) in [6, 6.07) is 18.2. The Labute approximate surface area is 223 Å². The van der Waals surface area contributed by atoms with Gasteiger partial charge in [0.25, 0.3) is 0 Å². The summed E-state index contributed by atoms with van der Waals surface area (Å²) in [5.74, 6) is -0.541. The zero-order valence-corrected chi connectivity index (χ0v) is 22.3. The molecule has 1 atom stereocenters. The van der Waals surface area contributed by atoms with Crippen molar-refractivity contribution in [1.82, 2.24) is 4.98 Å². The molecule has 0 bridgehead atoms. The Morgan fingerprint density at radius 2 is 1.89 bits per heavy atom. The quantitative estimate of drug-likeness (QED) is 0.321. The van der Waals surface area contributed by atoms with Crippen LogP contribution in [0.2, 0.25) is 5.02 Å². The molecule has 7 heteroatoms. The number of aromatic nitrogens is 1. The van der Waals surface area contributed by atoms with Crippen LogP contribution < -0.4 is 4.90 Å². The van der Waals surface area contributed by atoms with Crippen molar-refractivity contribution in [1.29, 1.82) is 5.41 Å². The van der Waals surface area contributed by atoms with E-state index in [4.69, 9.17) is 11.6 Å². The Hall–Kier alpha value is -3.22. The molecule has 5 nitrogen and oxygen atoms in total. The molecule has 1 aliphatic heterocycles. The number of carbonyl (C=O) groups excluding carboxylic acids is 1. The molecule has 36 heavy (non-hydrogen) atoms. The molecule has 0 amide bonds. The van der Waals surface area contributed by atoms with Crippen LogP contribution in [0.15, 0.2) is 94.4 Å².